The van der Waals surface area contributed by atoms with Gasteiger partial charge in [0.25, 0.3) is 0 Å². The molecule has 0 radical (unpaired) electrons. The maximum atomic E-state index is 6.39. The van der Waals surface area contributed by atoms with E-state index in [-0.39, 0.29) is 21.1 Å². The molecule has 8 nitrogen and oxygen atoms in total. The number of imidazole rings is 2. The van der Waals surface area contributed by atoms with Crippen LogP contribution in [0.4, 0.5) is 0 Å². The van der Waals surface area contributed by atoms with Crippen molar-refractivity contribution in [2.75, 3.05) is 0 Å². The zero-order valence-electron chi connectivity index (χ0n) is 26.7. The molecular formula is C39H29N7OPt. The van der Waals surface area contributed by atoms with Crippen molar-refractivity contribution >= 4 is 54.9 Å². The van der Waals surface area contributed by atoms with Gasteiger partial charge in [-0.25, -0.2) is 15.0 Å². The SMILES string of the molecule is CC(C)c1cccc(C(C)C)c1-c1ccc2c3ccc(Oc4[c-]c5c(cc4)c4cncnc4n4ccnc54)[c-]c3c3nccn3c2n1.[Pt+2]. The van der Waals surface area contributed by atoms with Crippen LogP contribution >= 0.6 is 0 Å². The molecule has 0 aliphatic heterocycles. The predicted octanol–water partition coefficient (Wildman–Crippen LogP) is 9.08. The van der Waals surface area contributed by atoms with Gasteiger partial charge in [-0.05, 0) is 34.4 Å². The largest absolute Gasteiger partial charge is 2.00 e. The molecule has 0 bridgehead atoms. The molecule has 9 heteroatoms. The summed E-state index contributed by atoms with van der Waals surface area (Å²) in [5.74, 6) is 1.87. The first-order valence-electron chi connectivity index (χ1n) is 15.8. The van der Waals surface area contributed by atoms with Gasteiger partial charge in [-0.2, -0.15) is 0 Å². The van der Waals surface area contributed by atoms with Crippen molar-refractivity contribution in [3.05, 3.63) is 115 Å². The molecule has 0 amide bonds. The second kappa shape index (κ2) is 11.5. The zero-order valence-corrected chi connectivity index (χ0v) is 28.9. The van der Waals surface area contributed by atoms with Gasteiger partial charge in [0.2, 0.25) is 0 Å². The van der Waals surface area contributed by atoms with Gasteiger partial charge < -0.3 is 13.5 Å². The van der Waals surface area contributed by atoms with Gasteiger partial charge in [-0.15, -0.1) is 12.1 Å². The van der Waals surface area contributed by atoms with Gasteiger partial charge in [0.1, 0.15) is 17.6 Å². The maximum Gasteiger partial charge on any atom is 2.00 e. The first-order chi connectivity index (χ1) is 23.0. The van der Waals surface area contributed by atoms with Crippen molar-refractivity contribution < 1.29 is 25.8 Å². The van der Waals surface area contributed by atoms with E-state index in [4.69, 9.17) is 14.7 Å². The second-order valence-electron chi connectivity index (χ2n) is 12.5. The van der Waals surface area contributed by atoms with Gasteiger partial charge in [0, 0.05) is 53.4 Å². The van der Waals surface area contributed by atoms with Gasteiger partial charge in [-0.1, -0.05) is 97.8 Å². The molecule has 9 aromatic rings. The van der Waals surface area contributed by atoms with E-state index in [0.717, 1.165) is 60.6 Å². The summed E-state index contributed by atoms with van der Waals surface area (Å²) >= 11 is 0. The van der Waals surface area contributed by atoms with Crippen molar-refractivity contribution in [2.24, 2.45) is 0 Å². The first-order valence-corrected chi connectivity index (χ1v) is 15.8. The van der Waals surface area contributed by atoms with E-state index < -0.39 is 0 Å². The van der Waals surface area contributed by atoms with Crippen LogP contribution in [0.5, 0.6) is 11.5 Å². The Morgan fingerprint density at radius 3 is 1.83 bits per heavy atom. The average molecular weight is 807 g/mol. The van der Waals surface area contributed by atoms with Crippen LogP contribution in [-0.4, -0.2) is 33.7 Å². The minimum absolute atomic E-state index is 0. The van der Waals surface area contributed by atoms with Crippen molar-refractivity contribution in [1.29, 1.82) is 0 Å². The molecule has 236 valence electrons. The minimum atomic E-state index is 0. The molecule has 6 heterocycles. The van der Waals surface area contributed by atoms with E-state index >= 15 is 0 Å². The fourth-order valence-electron chi connectivity index (χ4n) is 6.84. The number of benzene rings is 3. The van der Waals surface area contributed by atoms with E-state index in [0.29, 0.717) is 23.3 Å². The standard InChI is InChI=1S/C39H29N7O.Pt/c1-22(2)26-6-5-7-27(23(3)4)35(26)34-13-12-30-28-10-8-24(18-31(28)37-42-15-17-46(37)39(30)44-34)47-25-9-11-29-32(19-25)36-41-14-16-45(36)38-33(29)20-40-21-43-38;/h5-17,20-23H,1-4H3;/q-2;+2. The van der Waals surface area contributed by atoms with E-state index in [2.05, 4.69) is 95.6 Å². The number of fused-ring (bicyclic) bond motifs is 12. The molecule has 6 aromatic heterocycles. The quantitative estimate of drug-likeness (QED) is 0.128. The Bertz CT molecular complexity index is 2670. The fourth-order valence-corrected chi connectivity index (χ4v) is 6.84. The topological polar surface area (TPSA) is 82.5 Å². The number of ether oxygens (including phenoxy) is 1. The molecule has 0 aliphatic carbocycles. The van der Waals surface area contributed by atoms with Crippen LogP contribution < -0.4 is 4.74 Å². The van der Waals surface area contributed by atoms with E-state index in [9.17, 15) is 0 Å². The maximum absolute atomic E-state index is 6.39. The third-order valence-corrected chi connectivity index (χ3v) is 9.02. The van der Waals surface area contributed by atoms with Crippen LogP contribution in [0.1, 0.15) is 50.7 Å². The summed E-state index contributed by atoms with van der Waals surface area (Å²) < 4.78 is 10.4. The number of hydrogen-bond acceptors (Lipinski definition) is 6. The third kappa shape index (κ3) is 4.58. The molecule has 48 heavy (non-hydrogen) atoms. The number of aromatic nitrogens is 7. The summed E-state index contributed by atoms with van der Waals surface area (Å²) in [6.07, 6.45) is 10.8. The van der Waals surface area contributed by atoms with Crippen LogP contribution in [0.15, 0.2) is 91.9 Å². The van der Waals surface area contributed by atoms with Crippen LogP contribution in [0.25, 0.3) is 66.2 Å². The average Bonchev–Trinajstić information content (AvgIpc) is 3.79. The van der Waals surface area contributed by atoms with Crippen LogP contribution in [0, 0.1) is 12.1 Å². The monoisotopic (exact) mass is 806 g/mol. The molecular weight excluding hydrogens is 778 g/mol. The van der Waals surface area contributed by atoms with Crippen molar-refractivity contribution in [1.82, 2.24) is 33.7 Å². The zero-order chi connectivity index (χ0) is 31.8. The summed E-state index contributed by atoms with van der Waals surface area (Å²) in [5, 5.41) is 5.62. The minimum Gasteiger partial charge on any atom is -0.497 e. The Morgan fingerprint density at radius 2 is 1.21 bits per heavy atom. The Kier molecular flexibility index (Phi) is 7.22. The van der Waals surface area contributed by atoms with Gasteiger partial charge in [0.15, 0.2) is 0 Å². The molecule has 0 unspecified atom stereocenters. The molecule has 9 rings (SSSR count). The smallest absolute Gasteiger partial charge is 0.497 e. The molecule has 0 N–H and O–H groups in total. The Balaban J connectivity index is 0.00000336. The third-order valence-electron chi connectivity index (χ3n) is 9.02. The first kappa shape index (κ1) is 30.2. The van der Waals surface area contributed by atoms with E-state index in [1.54, 1.807) is 12.5 Å². The van der Waals surface area contributed by atoms with Crippen molar-refractivity contribution in [3.8, 4) is 22.8 Å². The Morgan fingerprint density at radius 1 is 0.625 bits per heavy atom. The summed E-state index contributed by atoms with van der Waals surface area (Å²) in [7, 11) is 0. The van der Waals surface area contributed by atoms with Crippen LogP contribution in [-0.2, 0) is 21.1 Å². The molecule has 0 aliphatic rings. The molecule has 0 saturated heterocycles. The number of rotatable bonds is 5. The van der Waals surface area contributed by atoms with Crippen LogP contribution in [0.3, 0.4) is 0 Å². The summed E-state index contributed by atoms with van der Waals surface area (Å²) in [5.41, 5.74) is 8.00. The molecule has 0 fully saturated rings. The van der Waals surface area contributed by atoms with Gasteiger partial charge >= 0.3 is 21.1 Å². The van der Waals surface area contributed by atoms with E-state index in [1.807, 2.05) is 47.4 Å². The molecule has 3 aromatic carbocycles. The summed E-state index contributed by atoms with van der Waals surface area (Å²) in [6, 6.07) is 25.8. The van der Waals surface area contributed by atoms with Crippen molar-refractivity contribution in [2.45, 2.75) is 39.5 Å². The van der Waals surface area contributed by atoms with Gasteiger partial charge in [-0.3, -0.25) is 9.97 Å². The van der Waals surface area contributed by atoms with Gasteiger partial charge in [0.05, 0.1) is 17.0 Å². The summed E-state index contributed by atoms with van der Waals surface area (Å²) in [4.78, 5) is 23.4. The normalized spacial score (nSPS) is 12.0. The predicted molar refractivity (Wildman–Crippen MR) is 185 cm³/mol. The van der Waals surface area contributed by atoms with Crippen molar-refractivity contribution in [3.63, 3.8) is 0 Å². The summed E-state index contributed by atoms with van der Waals surface area (Å²) in [6.45, 7) is 8.97. The molecule has 0 atom stereocenters. The fraction of sp³-hybridized carbons (Fsp3) is 0.154. The van der Waals surface area contributed by atoms with Crippen LogP contribution in [0.2, 0.25) is 0 Å². The molecule has 0 spiro atoms. The number of hydrogen-bond donors (Lipinski definition) is 0. The number of pyridine rings is 3. The van der Waals surface area contributed by atoms with E-state index in [1.165, 1.54) is 16.7 Å². The molecule has 0 saturated carbocycles. The number of nitrogens with zero attached hydrogens (tertiary/aromatic N) is 7. The Labute approximate surface area is 290 Å². The second-order valence-corrected chi connectivity index (χ2v) is 12.5. The Hall–Kier alpha value is -5.20.